The summed E-state index contributed by atoms with van der Waals surface area (Å²) in [5, 5.41) is 10.7. The van der Waals surface area contributed by atoms with Crippen molar-refractivity contribution >= 4 is 21.6 Å². The quantitative estimate of drug-likeness (QED) is 0.508. The molecule has 152 valence electrons. The molecule has 0 spiro atoms. The van der Waals surface area contributed by atoms with Crippen LogP contribution in [0.15, 0.2) is 63.8 Å². The van der Waals surface area contributed by atoms with Crippen molar-refractivity contribution in [3.8, 4) is 0 Å². The molecular formula is C20H20ClFN4O2S. The van der Waals surface area contributed by atoms with Crippen molar-refractivity contribution in [3.63, 3.8) is 0 Å². The Morgan fingerprint density at radius 2 is 1.69 bits per heavy atom. The van der Waals surface area contributed by atoms with Crippen LogP contribution in [0.5, 0.6) is 0 Å². The number of rotatable bonds is 6. The predicted octanol–water partition coefficient (Wildman–Crippen LogP) is 4.07. The fourth-order valence-corrected chi connectivity index (χ4v) is 6.77. The molecule has 1 saturated heterocycles. The fourth-order valence-electron chi connectivity index (χ4n) is 4.79. The average Bonchev–Trinajstić information content (AvgIpc) is 3.37. The van der Waals surface area contributed by atoms with Crippen LogP contribution >= 0.6 is 11.6 Å². The molecule has 2 bridgehead atoms. The van der Waals surface area contributed by atoms with Gasteiger partial charge in [-0.25, -0.2) is 12.8 Å². The van der Waals surface area contributed by atoms with Crippen LogP contribution < -0.4 is 0 Å². The molecule has 4 unspecified atom stereocenters. The summed E-state index contributed by atoms with van der Waals surface area (Å²) in [6.07, 6.45) is 1.74. The SMILES string of the molecule is O=S(=O)(c1ccc(F)cc1)N1C2c3ccccc3C1C1C2N=NN1CCCCCl. The molecule has 0 aliphatic carbocycles. The standard InChI is InChI=1S/C20H20ClFN4O2S/c21-11-3-4-12-25-20-17(23-24-25)18-15-5-1-2-6-16(15)19(20)26(18)29(27,28)14-9-7-13(22)8-10-14/h1-2,5-10,17-20H,3-4,11-12H2. The average molecular weight is 435 g/mol. The second-order valence-electron chi connectivity index (χ2n) is 7.55. The van der Waals surface area contributed by atoms with Gasteiger partial charge < -0.3 is 0 Å². The van der Waals surface area contributed by atoms with Crippen LogP contribution in [0.1, 0.15) is 36.1 Å². The molecule has 3 heterocycles. The maximum absolute atomic E-state index is 13.6. The first kappa shape index (κ1) is 19.0. The topological polar surface area (TPSA) is 65.3 Å². The van der Waals surface area contributed by atoms with Gasteiger partial charge >= 0.3 is 0 Å². The third-order valence-electron chi connectivity index (χ3n) is 5.98. The van der Waals surface area contributed by atoms with Crippen LogP contribution in [-0.4, -0.2) is 42.2 Å². The number of unbranched alkanes of at least 4 members (excludes halogenated alkanes) is 1. The second kappa shape index (κ2) is 7.04. The van der Waals surface area contributed by atoms with Gasteiger partial charge in [-0.2, -0.15) is 9.42 Å². The molecule has 0 radical (unpaired) electrons. The van der Waals surface area contributed by atoms with Crippen molar-refractivity contribution in [3.05, 3.63) is 65.5 Å². The molecular weight excluding hydrogens is 415 g/mol. The van der Waals surface area contributed by atoms with E-state index < -0.39 is 21.9 Å². The molecule has 9 heteroatoms. The Bertz CT molecular complexity index is 1060. The van der Waals surface area contributed by atoms with Gasteiger partial charge in [0.1, 0.15) is 11.9 Å². The molecule has 6 nitrogen and oxygen atoms in total. The van der Waals surface area contributed by atoms with E-state index in [1.807, 2.05) is 29.3 Å². The third kappa shape index (κ3) is 2.80. The molecule has 5 rings (SSSR count). The normalized spacial score (nSPS) is 27.4. The maximum Gasteiger partial charge on any atom is 0.244 e. The molecule has 0 saturated carbocycles. The largest absolute Gasteiger partial charge is 0.271 e. The lowest BCUT2D eigenvalue weighted by Gasteiger charge is -2.30. The molecule has 4 atom stereocenters. The Hall–Kier alpha value is -2.03. The summed E-state index contributed by atoms with van der Waals surface area (Å²) < 4.78 is 42.1. The number of hydrogen-bond donors (Lipinski definition) is 0. The number of hydrogen-bond acceptors (Lipinski definition) is 5. The molecule has 3 aliphatic heterocycles. The lowest BCUT2D eigenvalue weighted by Crippen LogP contribution is -2.39. The molecule has 3 aliphatic rings. The molecule has 0 aromatic heterocycles. The summed E-state index contributed by atoms with van der Waals surface area (Å²) in [5.74, 6) is 0.117. The highest BCUT2D eigenvalue weighted by Gasteiger charge is 2.64. The highest BCUT2D eigenvalue weighted by Crippen LogP contribution is 2.59. The first-order chi connectivity index (χ1) is 14.0. The Kier molecular flexibility index (Phi) is 4.60. The van der Waals surface area contributed by atoms with Crippen molar-refractivity contribution < 1.29 is 12.8 Å². The maximum atomic E-state index is 13.6. The summed E-state index contributed by atoms with van der Waals surface area (Å²) in [6.45, 7) is 0.688. The van der Waals surface area contributed by atoms with E-state index >= 15 is 0 Å². The Labute approximate surface area is 174 Å². The number of sulfonamides is 1. The van der Waals surface area contributed by atoms with Crippen molar-refractivity contribution in [1.29, 1.82) is 0 Å². The smallest absolute Gasteiger partial charge is 0.244 e. The number of fused-ring (bicyclic) bond motifs is 8. The van der Waals surface area contributed by atoms with Gasteiger partial charge in [-0.1, -0.05) is 29.5 Å². The lowest BCUT2D eigenvalue weighted by molar-refractivity contribution is 0.187. The molecule has 0 amide bonds. The van der Waals surface area contributed by atoms with Crippen LogP contribution in [0.2, 0.25) is 0 Å². The van der Waals surface area contributed by atoms with Crippen molar-refractivity contribution in [2.24, 2.45) is 10.3 Å². The third-order valence-corrected chi connectivity index (χ3v) is 8.13. The number of nitrogens with zero attached hydrogens (tertiary/aromatic N) is 4. The van der Waals surface area contributed by atoms with Crippen LogP contribution in [0.3, 0.4) is 0 Å². The van der Waals surface area contributed by atoms with E-state index in [0.717, 1.165) is 24.0 Å². The highest BCUT2D eigenvalue weighted by molar-refractivity contribution is 7.89. The summed E-state index contributed by atoms with van der Waals surface area (Å²) in [4.78, 5) is 0.0901. The predicted molar refractivity (Wildman–Crippen MR) is 106 cm³/mol. The van der Waals surface area contributed by atoms with Gasteiger partial charge in [0.2, 0.25) is 10.0 Å². The number of alkyl halides is 1. The molecule has 2 aromatic rings. The monoisotopic (exact) mass is 434 g/mol. The van der Waals surface area contributed by atoms with Crippen molar-refractivity contribution in [2.75, 3.05) is 12.4 Å². The van der Waals surface area contributed by atoms with E-state index in [-0.39, 0.29) is 23.0 Å². The van der Waals surface area contributed by atoms with Gasteiger partial charge in [0.05, 0.1) is 23.0 Å². The Balaban J connectivity index is 1.56. The zero-order valence-electron chi connectivity index (χ0n) is 15.5. The van der Waals surface area contributed by atoms with Gasteiger partial charge in [0, 0.05) is 12.4 Å². The first-order valence-corrected chi connectivity index (χ1v) is 11.6. The van der Waals surface area contributed by atoms with Crippen LogP contribution in [0.25, 0.3) is 0 Å². The molecule has 29 heavy (non-hydrogen) atoms. The summed E-state index contributed by atoms with van der Waals surface area (Å²) >= 11 is 5.80. The van der Waals surface area contributed by atoms with E-state index in [1.165, 1.54) is 24.3 Å². The van der Waals surface area contributed by atoms with E-state index in [4.69, 9.17) is 11.6 Å². The summed E-state index contributed by atoms with van der Waals surface area (Å²) in [7, 11) is -3.83. The lowest BCUT2D eigenvalue weighted by atomic mass is 9.85. The van der Waals surface area contributed by atoms with Crippen LogP contribution in [0, 0.1) is 5.82 Å². The zero-order chi connectivity index (χ0) is 20.2. The van der Waals surface area contributed by atoms with Crippen molar-refractivity contribution in [2.45, 2.75) is 41.9 Å². The van der Waals surface area contributed by atoms with Gasteiger partial charge in [-0.3, -0.25) is 5.01 Å². The van der Waals surface area contributed by atoms with E-state index in [1.54, 1.807) is 4.31 Å². The minimum Gasteiger partial charge on any atom is -0.271 e. The second-order valence-corrected chi connectivity index (χ2v) is 9.77. The minimum absolute atomic E-state index is 0.0901. The Morgan fingerprint density at radius 1 is 1.00 bits per heavy atom. The number of halogens is 2. The van der Waals surface area contributed by atoms with Gasteiger partial charge in [-0.15, -0.1) is 11.6 Å². The number of benzene rings is 2. The summed E-state index contributed by atoms with van der Waals surface area (Å²) in [6, 6.07) is 11.6. The molecule has 1 fully saturated rings. The van der Waals surface area contributed by atoms with E-state index in [2.05, 4.69) is 10.3 Å². The van der Waals surface area contributed by atoms with Gasteiger partial charge in [0.25, 0.3) is 0 Å². The van der Waals surface area contributed by atoms with Gasteiger partial charge in [0.15, 0.2) is 0 Å². The molecule has 2 aromatic carbocycles. The minimum atomic E-state index is -3.83. The zero-order valence-corrected chi connectivity index (χ0v) is 17.1. The van der Waals surface area contributed by atoms with Gasteiger partial charge in [-0.05, 0) is 48.2 Å². The molecule has 0 N–H and O–H groups in total. The van der Waals surface area contributed by atoms with Crippen LogP contribution in [0.4, 0.5) is 4.39 Å². The van der Waals surface area contributed by atoms with Crippen molar-refractivity contribution in [1.82, 2.24) is 9.31 Å². The first-order valence-electron chi connectivity index (χ1n) is 9.65. The summed E-state index contributed by atoms with van der Waals surface area (Å²) in [5.41, 5.74) is 1.98. The fraction of sp³-hybridized carbons (Fsp3) is 0.400. The Morgan fingerprint density at radius 3 is 2.38 bits per heavy atom. The van der Waals surface area contributed by atoms with E-state index in [0.29, 0.717) is 12.4 Å². The van der Waals surface area contributed by atoms with Crippen LogP contribution in [-0.2, 0) is 10.0 Å². The highest BCUT2D eigenvalue weighted by atomic mass is 35.5. The van der Waals surface area contributed by atoms with E-state index in [9.17, 15) is 12.8 Å².